The third kappa shape index (κ3) is 2.60. The van der Waals surface area contributed by atoms with Crippen LogP contribution in [0.15, 0.2) is 12.1 Å². The minimum atomic E-state index is -0.851. The Morgan fingerprint density at radius 3 is 2.28 bits per heavy atom. The molecule has 1 aromatic carbocycles. The van der Waals surface area contributed by atoms with Gasteiger partial charge in [0.15, 0.2) is 0 Å². The Morgan fingerprint density at radius 1 is 1.06 bits per heavy atom. The summed E-state index contributed by atoms with van der Waals surface area (Å²) in [7, 11) is 0. The van der Waals surface area contributed by atoms with Gasteiger partial charge in [-0.2, -0.15) is 0 Å². The van der Waals surface area contributed by atoms with E-state index in [1.807, 2.05) is 0 Å². The summed E-state index contributed by atoms with van der Waals surface area (Å²) >= 11 is 0. The lowest BCUT2D eigenvalue weighted by Gasteiger charge is -2.20. The number of carbonyl (C=O) groups excluding carboxylic acids is 1. The second-order valence-corrected chi connectivity index (χ2v) is 4.56. The van der Waals surface area contributed by atoms with Crippen molar-refractivity contribution < 1.29 is 13.6 Å². The highest BCUT2D eigenvalue weighted by molar-refractivity contribution is 5.95. The summed E-state index contributed by atoms with van der Waals surface area (Å²) in [6.45, 7) is 1.24. The van der Waals surface area contributed by atoms with Gasteiger partial charge >= 0.3 is 0 Å². The van der Waals surface area contributed by atoms with Crippen LogP contribution in [0.4, 0.5) is 14.5 Å². The fraction of sp³-hybridized carbons (Fsp3) is 0.462. The van der Waals surface area contributed by atoms with Gasteiger partial charge in [0.1, 0.15) is 11.6 Å². The first-order valence-corrected chi connectivity index (χ1v) is 6.13. The largest absolute Gasteiger partial charge is 0.396 e. The first-order chi connectivity index (χ1) is 8.59. The highest BCUT2D eigenvalue weighted by Gasteiger charge is 2.21. The molecule has 98 valence electrons. The van der Waals surface area contributed by atoms with Gasteiger partial charge in [-0.05, 0) is 18.9 Å². The van der Waals surface area contributed by atoms with Gasteiger partial charge in [-0.15, -0.1) is 0 Å². The van der Waals surface area contributed by atoms with E-state index in [1.165, 1.54) is 0 Å². The van der Waals surface area contributed by atoms with Crippen molar-refractivity contribution in [1.29, 1.82) is 0 Å². The molecule has 1 aromatic rings. The highest BCUT2D eigenvalue weighted by atomic mass is 19.1. The van der Waals surface area contributed by atoms with Crippen molar-refractivity contribution in [2.75, 3.05) is 18.8 Å². The van der Waals surface area contributed by atoms with E-state index in [2.05, 4.69) is 0 Å². The van der Waals surface area contributed by atoms with Gasteiger partial charge in [-0.3, -0.25) is 4.79 Å². The molecule has 1 aliphatic rings. The zero-order chi connectivity index (χ0) is 13.1. The Morgan fingerprint density at radius 2 is 1.67 bits per heavy atom. The number of hydrogen-bond acceptors (Lipinski definition) is 2. The zero-order valence-corrected chi connectivity index (χ0v) is 10.1. The molecule has 1 amide bonds. The van der Waals surface area contributed by atoms with Crippen LogP contribution in [0, 0.1) is 11.6 Å². The number of hydrogen-bond donors (Lipinski definition) is 1. The first-order valence-electron chi connectivity index (χ1n) is 6.13. The predicted octanol–water partition coefficient (Wildman–Crippen LogP) is 2.56. The Labute approximate surface area is 105 Å². The van der Waals surface area contributed by atoms with Crippen molar-refractivity contribution in [3.05, 3.63) is 29.3 Å². The van der Waals surface area contributed by atoms with E-state index >= 15 is 0 Å². The molecule has 2 N–H and O–H groups in total. The SMILES string of the molecule is Nc1cc(C(=O)N2CCCCCC2)c(F)cc1F. The molecular weight excluding hydrogens is 238 g/mol. The average molecular weight is 254 g/mol. The van der Waals surface area contributed by atoms with Gasteiger partial charge in [-0.25, -0.2) is 8.78 Å². The van der Waals surface area contributed by atoms with Crippen LogP contribution in [-0.4, -0.2) is 23.9 Å². The van der Waals surface area contributed by atoms with Gasteiger partial charge in [-0.1, -0.05) is 12.8 Å². The molecule has 0 radical (unpaired) electrons. The number of nitrogen functional groups attached to an aromatic ring is 1. The lowest BCUT2D eigenvalue weighted by molar-refractivity contribution is 0.0757. The van der Waals surface area contributed by atoms with Gasteiger partial charge < -0.3 is 10.6 Å². The Bertz CT molecular complexity index is 455. The molecule has 3 nitrogen and oxygen atoms in total. The standard InChI is InChI=1S/C13H16F2N2O/c14-10-8-11(15)12(16)7-9(10)13(18)17-5-3-1-2-4-6-17/h7-8H,1-6,16H2. The molecule has 0 bridgehead atoms. The zero-order valence-electron chi connectivity index (χ0n) is 10.1. The fourth-order valence-electron chi connectivity index (χ4n) is 2.17. The molecule has 0 saturated carbocycles. The van der Waals surface area contributed by atoms with E-state index in [1.54, 1.807) is 4.90 Å². The molecule has 1 saturated heterocycles. The number of nitrogens with two attached hydrogens (primary N) is 1. The first kappa shape index (κ1) is 12.8. The van der Waals surface area contributed by atoms with Crippen molar-refractivity contribution in [3.8, 4) is 0 Å². The maximum absolute atomic E-state index is 13.6. The third-order valence-corrected chi connectivity index (χ3v) is 3.21. The number of carbonyl (C=O) groups is 1. The molecule has 0 aliphatic carbocycles. The molecule has 0 unspecified atom stereocenters. The lowest BCUT2D eigenvalue weighted by atomic mass is 10.1. The number of benzene rings is 1. The van der Waals surface area contributed by atoms with Crippen LogP contribution in [0.3, 0.4) is 0 Å². The lowest BCUT2D eigenvalue weighted by Crippen LogP contribution is -2.32. The summed E-state index contributed by atoms with van der Waals surface area (Å²) in [5.41, 5.74) is 5.03. The van der Waals surface area contributed by atoms with Crippen LogP contribution >= 0.6 is 0 Å². The number of anilines is 1. The van der Waals surface area contributed by atoms with Gasteiger partial charge in [0.25, 0.3) is 5.91 Å². The molecule has 0 aromatic heterocycles. The summed E-state index contributed by atoms with van der Waals surface area (Å²) in [6, 6.07) is 1.75. The highest BCUT2D eigenvalue weighted by Crippen LogP contribution is 2.20. The monoisotopic (exact) mass is 254 g/mol. The number of likely N-dealkylation sites (tertiary alicyclic amines) is 1. The summed E-state index contributed by atoms with van der Waals surface area (Å²) in [6.07, 6.45) is 4.00. The minimum Gasteiger partial charge on any atom is -0.396 e. The molecule has 1 heterocycles. The molecule has 5 heteroatoms. The van der Waals surface area contributed by atoms with Gasteiger partial charge in [0.2, 0.25) is 0 Å². The smallest absolute Gasteiger partial charge is 0.256 e. The van der Waals surface area contributed by atoms with Crippen molar-refractivity contribution in [3.63, 3.8) is 0 Å². The number of amides is 1. The molecule has 1 fully saturated rings. The average Bonchev–Trinajstić information content (AvgIpc) is 2.61. The Hall–Kier alpha value is -1.65. The number of nitrogens with zero attached hydrogens (tertiary/aromatic N) is 1. The molecule has 2 rings (SSSR count). The summed E-state index contributed by atoms with van der Waals surface area (Å²) in [5.74, 6) is -2.09. The van der Waals surface area contributed by atoms with Crippen LogP contribution in [0.5, 0.6) is 0 Å². The van der Waals surface area contributed by atoms with Crippen molar-refractivity contribution >= 4 is 11.6 Å². The summed E-state index contributed by atoms with van der Waals surface area (Å²) in [5, 5.41) is 0. The second kappa shape index (κ2) is 5.33. The van der Waals surface area contributed by atoms with E-state index in [9.17, 15) is 13.6 Å². The summed E-state index contributed by atoms with van der Waals surface area (Å²) in [4.78, 5) is 13.8. The van der Waals surface area contributed by atoms with Gasteiger partial charge in [0.05, 0.1) is 11.3 Å². The van der Waals surface area contributed by atoms with Crippen molar-refractivity contribution in [1.82, 2.24) is 4.90 Å². The van der Waals surface area contributed by atoms with Crippen LogP contribution in [-0.2, 0) is 0 Å². The molecular formula is C13H16F2N2O. The third-order valence-electron chi connectivity index (χ3n) is 3.21. The quantitative estimate of drug-likeness (QED) is 0.783. The normalized spacial score (nSPS) is 16.4. The van der Waals surface area contributed by atoms with Crippen molar-refractivity contribution in [2.24, 2.45) is 0 Å². The van der Waals surface area contributed by atoms with E-state index in [4.69, 9.17) is 5.73 Å². The minimum absolute atomic E-state index is 0.143. The van der Waals surface area contributed by atoms with Crippen LogP contribution in [0.2, 0.25) is 0 Å². The van der Waals surface area contributed by atoms with Crippen LogP contribution in [0.25, 0.3) is 0 Å². The number of rotatable bonds is 1. The second-order valence-electron chi connectivity index (χ2n) is 4.56. The Kier molecular flexibility index (Phi) is 3.79. The summed E-state index contributed by atoms with van der Waals surface area (Å²) < 4.78 is 26.6. The molecule has 0 spiro atoms. The predicted molar refractivity (Wildman–Crippen MR) is 65.1 cm³/mol. The van der Waals surface area contributed by atoms with E-state index in [-0.39, 0.29) is 11.3 Å². The van der Waals surface area contributed by atoms with E-state index in [0.29, 0.717) is 19.2 Å². The topological polar surface area (TPSA) is 46.3 Å². The van der Waals surface area contributed by atoms with Crippen molar-refractivity contribution in [2.45, 2.75) is 25.7 Å². The Balaban J connectivity index is 2.24. The maximum atomic E-state index is 13.6. The van der Waals surface area contributed by atoms with E-state index < -0.39 is 17.5 Å². The molecule has 0 atom stereocenters. The van der Waals surface area contributed by atoms with E-state index in [0.717, 1.165) is 31.7 Å². The molecule has 1 aliphatic heterocycles. The fourth-order valence-corrected chi connectivity index (χ4v) is 2.17. The van der Waals surface area contributed by atoms with Crippen LogP contribution < -0.4 is 5.73 Å². The maximum Gasteiger partial charge on any atom is 0.256 e. The number of halogens is 2. The van der Waals surface area contributed by atoms with Crippen LogP contribution in [0.1, 0.15) is 36.0 Å². The van der Waals surface area contributed by atoms with Gasteiger partial charge in [0, 0.05) is 19.2 Å². The molecule has 18 heavy (non-hydrogen) atoms.